The van der Waals surface area contributed by atoms with Crippen molar-refractivity contribution in [2.45, 2.75) is 13.1 Å². The van der Waals surface area contributed by atoms with Crippen LogP contribution in [0.1, 0.15) is 21.5 Å². The van der Waals surface area contributed by atoms with Crippen molar-refractivity contribution in [3.8, 4) is 0 Å². The second-order valence-electron chi connectivity index (χ2n) is 6.63. The van der Waals surface area contributed by atoms with Gasteiger partial charge in [-0.3, -0.25) is 9.69 Å². The molecule has 1 saturated heterocycles. The van der Waals surface area contributed by atoms with Crippen molar-refractivity contribution in [3.05, 3.63) is 65.2 Å². The van der Waals surface area contributed by atoms with E-state index in [-0.39, 0.29) is 5.91 Å². The van der Waals surface area contributed by atoms with Crippen molar-refractivity contribution in [1.29, 1.82) is 0 Å². The second-order valence-corrected chi connectivity index (χ2v) is 6.63. The lowest BCUT2D eigenvalue weighted by Gasteiger charge is -2.32. The fourth-order valence-corrected chi connectivity index (χ4v) is 3.01. The zero-order valence-corrected chi connectivity index (χ0v) is 14.7. The first kappa shape index (κ1) is 17.6. The van der Waals surface area contributed by atoms with E-state index < -0.39 is 0 Å². The number of nitrogens with two attached hydrogens (primary N) is 1. The van der Waals surface area contributed by atoms with Crippen LogP contribution in [0, 0.1) is 0 Å². The summed E-state index contributed by atoms with van der Waals surface area (Å²) in [6.07, 6.45) is 0. The zero-order chi connectivity index (χ0) is 17.6. The molecule has 3 rings (SSSR count). The minimum atomic E-state index is -0.0969. The van der Waals surface area contributed by atoms with Crippen molar-refractivity contribution in [1.82, 2.24) is 9.80 Å². The molecule has 5 heteroatoms. The Morgan fingerprint density at radius 3 is 2.44 bits per heavy atom. The van der Waals surface area contributed by atoms with Gasteiger partial charge < -0.3 is 16.0 Å². The van der Waals surface area contributed by atoms with Crippen molar-refractivity contribution < 1.29 is 4.79 Å². The van der Waals surface area contributed by atoms with Crippen LogP contribution in [0.4, 0.5) is 5.69 Å². The largest absolute Gasteiger partial charge is 0.326 e. The van der Waals surface area contributed by atoms with Crippen molar-refractivity contribution in [2.75, 3.05) is 38.5 Å². The highest BCUT2D eigenvalue weighted by Crippen LogP contribution is 2.15. The molecule has 0 radical (unpaired) electrons. The average Bonchev–Trinajstić information content (AvgIpc) is 2.64. The molecule has 5 nitrogen and oxygen atoms in total. The van der Waals surface area contributed by atoms with E-state index in [1.807, 2.05) is 36.4 Å². The van der Waals surface area contributed by atoms with Gasteiger partial charge >= 0.3 is 0 Å². The molecular weight excluding hydrogens is 312 g/mol. The van der Waals surface area contributed by atoms with Crippen molar-refractivity contribution >= 4 is 11.6 Å². The van der Waals surface area contributed by atoms with Gasteiger partial charge in [0.25, 0.3) is 5.91 Å². The van der Waals surface area contributed by atoms with Crippen LogP contribution in [0.3, 0.4) is 0 Å². The molecule has 2 aromatic rings. The predicted molar refractivity (Wildman–Crippen MR) is 102 cm³/mol. The third-order valence-electron chi connectivity index (χ3n) is 4.64. The maximum absolute atomic E-state index is 12.4. The molecular formula is C20H26N4O. The normalized spacial score (nSPS) is 15.9. The van der Waals surface area contributed by atoms with Gasteiger partial charge in [0.15, 0.2) is 0 Å². The molecule has 0 atom stereocenters. The Balaban J connectivity index is 1.61. The summed E-state index contributed by atoms with van der Waals surface area (Å²) in [4.78, 5) is 17.2. The number of anilines is 1. The molecule has 25 heavy (non-hydrogen) atoms. The molecule has 132 valence electrons. The quantitative estimate of drug-likeness (QED) is 0.877. The number of nitrogens with one attached hydrogen (secondary N) is 1. The summed E-state index contributed by atoms with van der Waals surface area (Å²) in [6, 6.07) is 15.5. The first-order chi connectivity index (χ1) is 12.1. The molecule has 0 spiro atoms. The molecule has 3 N–H and O–H groups in total. The number of rotatable bonds is 5. The maximum Gasteiger partial charge on any atom is 0.255 e. The highest BCUT2D eigenvalue weighted by molar-refractivity contribution is 6.04. The number of hydrogen-bond donors (Lipinski definition) is 2. The second kappa shape index (κ2) is 8.25. The highest BCUT2D eigenvalue weighted by Gasteiger charge is 2.14. The summed E-state index contributed by atoms with van der Waals surface area (Å²) >= 11 is 0. The minimum absolute atomic E-state index is 0.0969. The number of benzene rings is 2. The van der Waals surface area contributed by atoms with Crippen LogP contribution < -0.4 is 11.1 Å². The van der Waals surface area contributed by atoms with Crippen LogP contribution in [-0.2, 0) is 13.1 Å². The van der Waals surface area contributed by atoms with Crippen molar-refractivity contribution in [3.63, 3.8) is 0 Å². The third-order valence-corrected chi connectivity index (χ3v) is 4.64. The fourth-order valence-electron chi connectivity index (χ4n) is 3.01. The summed E-state index contributed by atoms with van der Waals surface area (Å²) in [5.41, 5.74) is 9.31. The highest BCUT2D eigenvalue weighted by atomic mass is 16.1. The Hall–Kier alpha value is -2.21. The van der Waals surface area contributed by atoms with E-state index in [1.165, 1.54) is 5.56 Å². The van der Waals surface area contributed by atoms with Gasteiger partial charge in [0.2, 0.25) is 0 Å². The summed E-state index contributed by atoms with van der Waals surface area (Å²) in [7, 11) is 2.16. The molecule has 0 aliphatic carbocycles. The summed E-state index contributed by atoms with van der Waals surface area (Å²) < 4.78 is 0. The Morgan fingerprint density at radius 1 is 1.04 bits per heavy atom. The standard InChI is InChI=1S/C20H26N4O/c1-23-9-11-24(12-10-23)15-17-3-2-4-19(13-17)22-20(25)18-7-5-16(14-21)6-8-18/h2-8,13H,9-12,14-15,21H2,1H3,(H,22,25). The molecule has 1 aliphatic rings. The Kier molecular flexibility index (Phi) is 5.81. The number of carbonyl (C=O) groups is 1. The molecule has 1 aliphatic heterocycles. The summed E-state index contributed by atoms with van der Waals surface area (Å²) in [6.45, 7) is 5.78. The lowest BCUT2D eigenvalue weighted by Crippen LogP contribution is -2.43. The Bertz CT molecular complexity index is 706. The van der Waals surface area contributed by atoms with E-state index in [4.69, 9.17) is 5.73 Å². The van der Waals surface area contributed by atoms with Crippen LogP contribution in [-0.4, -0.2) is 48.9 Å². The molecule has 0 aromatic heterocycles. The van der Waals surface area contributed by atoms with Crippen LogP contribution in [0.5, 0.6) is 0 Å². The van der Waals surface area contributed by atoms with E-state index >= 15 is 0 Å². The van der Waals surface area contributed by atoms with Crippen LogP contribution in [0.15, 0.2) is 48.5 Å². The topological polar surface area (TPSA) is 61.6 Å². The van der Waals surface area contributed by atoms with Gasteiger partial charge in [-0.05, 0) is 42.4 Å². The Morgan fingerprint density at radius 2 is 1.76 bits per heavy atom. The average molecular weight is 338 g/mol. The lowest BCUT2D eigenvalue weighted by molar-refractivity contribution is 0.102. The zero-order valence-electron chi connectivity index (χ0n) is 14.7. The van der Waals surface area contributed by atoms with Gasteiger partial charge in [-0.15, -0.1) is 0 Å². The first-order valence-electron chi connectivity index (χ1n) is 8.74. The summed E-state index contributed by atoms with van der Waals surface area (Å²) in [5.74, 6) is -0.0969. The third kappa shape index (κ3) is 4.89. The van der Waals surface area contributed by atoms with Gasteiger partial charge in [0.05, 0.1) is 0 Å². The number of nitrogens with zero attached hydrogens (tertiary/aromatic N) is 2. The van der Waals surface area contributed by atoms with E-state index in [0.717, 1.165) is 44.0 Å². The van der Waals surface area contributed by atoms with Crippen LogP contribution in [0.25, 0.3) is 0 Å². The molecule has 0 bridgehead atoms. The van der Waals surface area contributed by atoms with E-state index in [0.29, 0.717) is 12.1 Å². The molecule has 1 fully saturated rings. The SMILES string of the molecule is CN1CCN(Cc2cccc(NC(=O)c3ccc(CN)cc3)c2)CC1. The van der Waals surface area contributed by atoms with Gasteiger partial charge in [0, 0.05) is 50.5 Å². The van der Waals surface area contributed by atoms with Crippen LogP contribution in [0.2, 0.25) is 0 Å². The van der Waals surface area contributed by atoms with Gasteiger partial charge in [-0.1, -0.05) is 24.3 Å². The summed E-state index contributed by atoms with van der Waals surface area (Å²) in [5, 5.41) is 2.98. The molecule has 0 saturated carbocycles. The number of likely N-dealkylation sites (N-methyl/N-ethyl adjacent to an activating group) is 1. The van der Waals surface area contributed by atoms with Gasteiger partial charge in [-0.25, -0.2) is 0 Å². The molecule has 1 amide bonds. The number of amides is 1. The van der Waals surface area contributed by atoms with Gasteiger partial charge in [-0.2, -0.15) is 0 Å². The maximum atomic E-state index is 12.4. The first-order valence-corrected chi connectivity index (χ1v) is 8.74. The molecule has 0 unspecified atom stereocenters. The molecule has 2 aromatic carbocycles. The van der Waals surface area contributed by atoms with E-state index in [9.17, 15) is 4.79 Å². The number of hydrogen-bond acceptors (Lipinski definition) is 4. The van der Waals surface area contributed by atoms with E-state index in [2.05, 4.69) is 34.3 Å². The number of carbonyl (C=O) groups excluding carboxylic acids is 1. The number of piperazine rings is 1. The predicted octanol–water partition coefficient (Wildman–Crippen LogP) is 2.14. The Labute approximate surface area is 149 Å². The van der Waals surface area contributed by atoms with E-state index in [1.54, 1.807) is 0 Å². The molecule has 1 heterocycles. The smallest absolute Gasteiger partial charge is 0.255 e. The fraction of sp³-hybridized carbons (Fsp3) is 0.350. The lowest BCUT2D eigenvalue weighted by atomic mass is 10.1. The minimum Gasteiger partial charge on any atom is -0.326 e. The van der Waals surface area contributed by atoms with Crippen LogP contribution >= 0.6 is 0 Å². The monoisotopic (exact) mass is 338 g/mol. The van der Waals surface area contributed by atoms with Crippen molar-refractivity contribution in [2.24, 2.45) is 5.73 Å². The van der Waals surface area contributed by atoms with Gasteiger partial charge in [0.1, 0.15) is 0 Å².